The quantitative estimate of drug-likeness (QED) is 0.781. The van der Waals surface area contributed by atoms with E-state index in [4.69, 9.17) is 9.47 Å². The van der Waals surface area contributed by atoms with Crippen molar-refractivity contribution < 1.29 is 14.6 Å². The number of rotatable bonds is 4. The van der Waals surface area contributed by atoms with Crippen molar-refractivity contribution in [1.29, 1.82) is 0 Å². The molecule has 0 spiro atoms. The number of fused-ring (bicyclic) bond motifs is 1. The Balaban J connectivity index is 1.85. The van der Waals surface area contributed by atoms with Crippen molar-refractivity contribution in [3.05, 3.63) is 53.4 Å². The molecule has 4 heteroatoms. The monoisotopic (exact) mass is 286 g/mol. The summed E-state index contributed by atoms with van der Waals surface area (Å²) < 4.78 is 12.0. The van der Waals surface area contributed by atoms with Gasteiger partial charge in [-0.25, -0.2) is 0 Å². The van der Waals surface area contributed by atoms with Gasteiger partial charge in [-0.05, 0) is 23.6 Å². The van der Waals surface area contributed by atoms with Gasteiger partial charge in [-0.1, -0.05) is 24.3 Å². The number of benzene rings is 2. The van der Waals surface area contributed by atoms with Crippen molar-refractivity contribution in [1.82, 2.24) is 0 Å². The average molecular weight is 286 g/mol. The van der Waals surface area contributed by atoms with E-state index in [0.29, 0.717) is 12.4 Å². The summed E-state index contributed by atoms with van der Waals surface area (Å²) in [5.74, 6) is 1.75. The average Bonchev–Trinajstić information content (AvgIpc) is 2.90. The molecule has 3 nitrogen and oxygen atoms in total. The van der Waals surface area contributed by atoms with E-state index in [-0.39, 0.29) is 0 Å². The van der Waals surface area contributed by atoms with Crippen LogP contribution in [0.3, 0.4) is 0 Å². The maximum Gasteiger partial charge on any atom is 0.161 e. The van der Waals surface area contributed by atoms with Crippen molar-refractivity contribution in [3.8, 4) is 17.2 Å². The second-order valence-corrected chi connectivity index (χ2v) is 5.23. The Labute approximate surface area is 121 Å². The number of hydrogen-bond acceptors (Lipinski definition) is 4. The SMILES string of the molecule is COc1ccccc1OCc1csc2c(O)cccc12. The van der Waals surface area contributed by atoms with Crippen LogP contribution in [-0.2, 0) is 6.61 Å². The van der Waals surface area contributed by atoms with Crippen molar-refractivity contribution in [2.24, 2.45) is 0 Å². The highest BCUT2D eigenvalue weighted by Crippen LogP contribution is 2.34. The molecule has 0 aliphatic rings. The predicted octanol–water partition coefficient (Wildman–Crippen LogP) is 4.19. The summed E-state index contributed by atoms with van der Waals surface area (Å²) >= 11 is 1.52. The van der Waals surface area contributed by atoms with E-state index >= 15 is 0 Å². The van der Waals surface area contributed by atoms with Crippen LogP contribution in [0.15, 0.2) is 47.8 Å². The summed E-state index contributed by atoms with van der Waals surface area (Å²) in [6.07, 6.45) is 0. The minimum Gasteiger partial charge on any atom is -0.506 e. The molecular formula is C16H14O3S. The first kappa shape index (κ1) is 12.8. The topological polar surface area (TPSA) is 38.7 Å². The highest BCUT2D eigenvalue weighted by Gasteiger charge is 2.09. The minimum atomic E-state index is 0.316. The van der Waals surface area contributed by atoms with Gasteiger partial charge < -0.3 is 14.6 Å². The van der Waals surface area contributed by atoms with Gasteiger partial charge in [0.15, 0.2) is 11.5 Å². The summed E-state index contributed by atoms with van der Waals surface area (Å²) in [7, 11) is 1.63. The molecule has 0 saturated heterocycles. The number of aromatic hydroxyl groups is 1. The Kier molecular flexibility index (Phi) is 3.48. The summed E-state index contributed by atoms with van der Waals surface area (Å²) in [5.41, 5.74) is 1.06. The fourth-order valence-electron chi connectivity index (χ4n) is 2.10. The third-order valence-electron chi connectivity index (χ3n) is 3.11. The zero-order chi connectivity index (χ0) is 13.9. The fourth-order valence-corrected chi connectivity index (χ4v) is 3.07. The van der Waals surface area contributed by atoms with E-state index in [0.717, 1.165) is 27.1 Å². The lowest BCUT2D eigenvalue weighted by molar-refractivity contribution is 0.286. The number of methoxy groups -OCH3 is 1. The number of ether oxygens (including phenoxy) is 2. The van der Waals surface area contributed by atoms with Crippen LogP contribution < -0.4 is 9.47 Å². The van der Waals surface area contributed by atoms with Gasteiger partial charge in [-0.3, -0.25) is 0 Å². The first-order chi connectivity index (χ1) is 9.79. The summed E-state index contributed by atoms with van der Waals surface area (Å²) in [6.45, 7) is 0.448. The molecular weight excluding hydrogens is 272 g/mol. The van der Waals surface area contributed by atoms with Gasteiger partial charge in [0, 0.05) is 10.9 Å². The standard InChI is InChI=1S/C16H14O3S/c1-18-14-7-2-3-8-15(14)19-9-11-10-20-16-12(11)5-4-6-13(16)17/h2-8,10,17H,9H2,1H3. The van der Waals surface area contributed by atoms with Crippen LogP contribution >= 0.6 is 11.3 Å². The Morgan fingerprint density at radius 3 is 2.65 bits per heavy atom. The zero-order valence-electron chi connectivity index (χ0n) is 11.0. The van der Waals surface area contributed by atoms with Crippen LogP contribution in [0.5, 0.6) is 17.2 Å². The number of thiophene rings is 1. The molecule has 0 atom stereocenters. The molecule has 0 aliphatic heterocycles. The molecule has 3 rings (SSSR count). The zero-order valence-corrected chi connectivity index (χ0v) is 11.8. The van der Waals surface area contributed by atoms with Gasteiger partial charge in [0.05, 0.1) is 11.8 Å². The molecule has 0 amide bonds. The van der Waals surface area contributed by atoms with Gasteiger partial charge >= 0.3 is 0 Å². The number of phenols is 1. The van der Waals surface area contributed by atoms with Crippen LogP contribution in [-0.4, -0.2) is 12.2 Å². The van der Waals surface area contributed by atoms with E-state index in [2.05, 4.69) is 0 Å². The lowest BCUT2D eigenvalue weighted by Crippen LogP contribution is -1.96. The Hall–Kier alpha value is -2.20. The molecule has 0 unspecified atom stereocenters. The second-order valence-electron chi connectivity index (χ2n) is 4.35. The molecule has 0 radical (unpaired) electrons. The first-order valence-electron chi connectivity index (χ1n) is 6.23. The molecule has 102 valence electrons. The van der Waals surface area contributed by atoms with Crippen LogP contribution in [0.1, 0.15) is 5.56 Å². The number of phenolic OH excluding ortho intramolecular Hbond substituents is 1. The highest BCUT2D eigenvalue weighted by molar-refractivity contribution is 7.17. The molecule has 0 saturated carbocycles. The molecule has 1 heterocycles. The van der Waals surface area contributed by atoms with Gasteiger partial charge in [0.2, 0.25) is 0 Å². The maximum absolute atomic E-state index is 9.80. The largest absolute Gasteiger partial charge is 0.506 e. The van der Waals surface area contributed by atoms with Crippen LogP contribution in [0, 0.1) is 0 Å². The van der Waals surface area contributed by atoms with Crippen LogP contribution in [0.25, 0.3) is 10.1 Å². The van der Waals surface area contributed by atoms with Gasteiger partial charge in [0.1, 0.15) is 12.4 Å². The molecule has 0 fully saturated rings. The van der Waals surface area contributed by atoms with Gasteiger partial charge in [-0.2, -0.15) is 0 Å². The van der Waals surface area contributed by atoms with Crippen LogP contribution in [0.2, 0.25) is 0 Å². The molecule has 3 aromatic rings. The van der Waals surface area contributed by atoms with Gasteiger partial charge in [-0.15, -0.1) is 11.3 Å². The molecule has 1 aromatic heterocycles. The van der Waals surface area contributed by atoms with Crippen LogP contribution in [0.4, 0.5) is 0 Å². The molecule has 1 N–H and O–H groups in total. The lowest BCUT2D eigenvalue weighted by Gasteiger charge is -2.09. The first-order valence-corrected chi connectivity index (χ1v) is 7.11. The second kappa shape index (κ2) is 5.43. The molecule has 2 aromatic carbocycles. The van der Waals surface area contributed by atoms with Crippen molar-refractivity contribution in [2.45, 2.75) is 6.61 Å². The Morgan fingerprint density at radius 1 is 1.05 bits per heavy atom. The minimum absolute atomic E-state index is 0.316. The summed E-state index contributed by atoms with van der Waals surface area (Å²) in [4.78, 5) is 0. The molecule has 0 aliphatic carbocycles. The van der Waals surface area contributed by atoms with Gasteiger partial charge in [0.25, 0.3) is 0 Å². The van der Waals surface area contributed by atoms with Crippen molar-refractivity contribution >= 4 is 21.4 Å². The maximum atomic E-state index is 9.80. The third-order valence-corrected chi connectivity index (χ3v) is 4.18. The van der Waals surface area contributed by atoms with Crippen molar-refractivity contribution in [2.75, 3.05) is 7.11 Å². The summed E-state index contributed by atoms with van der Waals surface area (Å²) in [6, 6.07) is 13.1. The Morgan fingerprint density at radius 2 is 1.85 bits per heavy atom. The highest BCUT2D eigenvalue weighted by atomic mass is 32.1. The lowest BCUT2D eigenvalue weighted by atomic mass is 10.2. The van der Waals surface area contributed by atoms with Crippen molar-refractivity contribution in [3.63, 3.8) is 0 Å². The normalized spacial score (nSPS) is 10.7. The Bertz CT molecular complexity index is 733. The number of para-hydroxylation sites is 2. The van der Waals surface area contributed by atoms with E-state index in [1.807, 2.05) is 41.8 Å². The fraction of sp³-hybridized carbons (Fsp3) is 0.125. The smallest absolute Gasteiger partial charge is 0.161 e. The molecule has 0 bridgehead atoms. The van der Waals surface area contributed by atoms with E-state index < -0.39 is 0 Å². The third kappa shape index (κ3) is 2.30. The number of hydrogen-bond donors (Lipinski definition) is 1. The predicted molar refractivity (Wildman–Crippen MR) is 80.8 cm³/mol. The molecule has 20 heavy (non-hydrogen) atoms. The van der Waals surface area contributed by atoms with E-state index in [9.17, 15) is 5.11 Å². The van der Waals surface area contributed by atoms with E-state index in [1.165, 1.54) is 11.3 Å². The summed E-state index contributed by atoms with van der Waals surface area (Å²) in [5, 5.41) is 12.8. The van der Waals surface area contributed by atoms with E-state index in [1.54, 1.807) is 13.2 Å².